The van der Waals surface area contributed by atoms with Gasteiger partial charge in [0.05, 0.1) is 5.30 Å². The van der Waals surface area contributed by atoms with Crippen LogP contribution in [0.15, 0.2) is 42.5 Å². The van der Waals surface area contributed by atoms with Crippen LogP contribution < -0.4 is 9.83 Å². The summed E-state index contributed by atoms with van der Waals surface area (Å²) in [4.78, 5) is 10.6. The van der Waals surface area contributed by atoms with Crippen molar-refractivity contribution < 1.29 is 14.0 Å². The molecule has 3 nitrogen and oxygen atoms in total. The van der Waals surface area contributed by atoms with Crippen molar-refractivity contribution >= 4 is 12.9 Å². The Balaban J connectivity index is 2.45. The average Bonchev–Trinajstić information content (AvgIpc) is 2.53. The lowest BCUT2D eigenvalue weighted by Crippen LogP contribution is -2.18. The van der Waals surface area contributed by atoms with Crippen molar-refractivity contribution in [1.29, 1.82) is 0 Å². The van der Waals surface area contributed by atoms with E-state index in [0.29, 0.717) is 11.1 Å². The molecule has 0 aliphatic heterocycles. The van der Waals surface area contributed by atoms with Gasteiger partial charge in [0.25, 0.3) is 0 Å². The van der Waals surface area contributed by atoms with Gasteiger partial charge in [-0.15, -0.1) is 0 Å². The van der Waals surface area contributed by atoms with Crippen molar-refractivity contribution in [2.45, 2.75) is 65.7 Å². The molecule has 4 heteroatoms. The van der Waals surface area contributed by atoms with Crippen LogP contribution in [-0.2, 0) is 21.8 Å². The van der Waals surface area contributed by atoms with Gasteiger partial charge in [-0.2, -0.15) is 0 Å². The molecule has 2 aromatic rings. The summed E-state index contributed by atoms with van der Waals surface area (Å²) in [6.07, 6.45) is 0.888. The summed E-state index contributed by atoms with van der Waals surface area (Å²) in [6, 6.07) is 13.0. The van der Waals surface area contributed by atoms with Crippen molar-refractivity contribution in [3.05, 3.63) is 59.2 Å². The summed E-state index contributed by atoms with van der Waals surface area (Å²) in [5, 5.41) is 0.314. The summed E-state index contributed by atoms with van der Waals surface area (Å²) in [6.45, 7) is 14.8. The number of hydrogen-bond acceptors (Lipinski definition) is 2. The van der Waals surface area contributed by atoms with Crippen LogP contribution in [0, 0.1) is 0 Å². The van der Waals surface area contributed by atoms with E-state index < -0.39 is 7.60 Å². The molecule has 1 unspecified atom stereocenters. The second kappa shape index (κ2) is 7.21. The summed E-state index contributed by atoms with van der Waals surface area (Å²) < 4.78 is 18.6. The van der Waals surface area contributed by atoms with Gasteiger partial charge in [-0.05, 0) is 46.6 Å². The van der Waals surface area contributed by atoms with Crippen LogP contribution in [0.25, 0.3) is 0 Å². The minimum absolute atomic E-state index is 0.00256. The fourth-order valence-corrected chi connectivity index (χ4v) is 3.83. The molecule has 0 aliphatic rings. The molecule has 0 aliphatic carbocycles. The lowest BCUT2D eigenvalue weighted by molar-refractivity contribution is 0.387. The lowest BCUT2D eigenvalue weighted by atomic mass is 9.80. The topological polar surface area (TPSA) is 46.5 Å². The Kier molecular flexibility index (Phi) is 5.75. The normalized spacial score (nSPS) is 14.8. The minimum atomic E-state index is -3.95. The van der Waals surface area contributed by atoms with Gasteiger partial charge in [-0.3, -0.25) is 0 Å². The van der Waals surface area contributed by atoms with Crippen LogP contribution in [-0.4, -0.2) is 4.89 Å². The smallest absolute Gasteiger partial charge is 0.408 e. The maximum Gasteiger partial charge on any atom is 0.408 e. The third-order valence-electron chi connectivity index (χ3n) is 4.55. The SMILES string of the molecule is CCc1ccc(P(=O)(O)Oc2ccc(C(C)(C)C)cc2C(C)(C)C)cc1. The molecule has 0 fully saturated rings. The highest BCUT2D eigenvalue weighted by atomic mass is 31.2. The van der Waals surface area contributed by atoms with E-state index in [2.05, 4.69) is 54.5 Å². The van der Waals surface area contributed by atoms with Gasteiger partial charge in [-0.25, -0.2) is 4.57 Å². The van der Waals surface area contributed by atoms with Gasteiger partial charge in [0.1, 0.15) is 5.75 Å². The van der Waals surface area contributed by atoms with Crippen molar-refractivity contribution in [1.82, 2.24) is 0 Å². The largest absolute Gasteiger partial charge is 0.421 e. The van der Waals surface area contributed by atoms with Crippen LogP contribution in [0.1, 0.15) is 65.2 Å². The fraction of sp³-hybridized carbons (Fsp3) is 0.455. The number of rotatable bonds is 4. The quantitative estimate of drug-likeness (QED) is 0.695. The van der Waals surface area contributed by atoms with E-state index in [-0.39, 0.29) is 10.8 Å². The third kappa shape index (κ3) is 4.78. The second-order valence-corrected chi connectivity index (χ2v) is 10.6. The van der Waals surface area contributed by atoms with Crippen LogP contribution in [0.4, 0.5) is 0 Å². The molecule has 1 N–H and O–H groups in total. The Morgan fingerprint density at radius 2 is 1.50 bits per heavy atom. The van der Waals surface area contributed by atoms with Crippen LogP contribution in [0.5, 0.6) is 5.75 Å². The Labute approximate surface area is 158 Å². The third-order valence-corrected chi connectivity index (χ3v) is 5.94. The predicted molar refractivity (Wildman–Crippen MR) is 110 cm³/mol. The Hall–Kier alpha value is -1.57. The average molecular weight is 374 g/mol. The van der Waals surface area contributed by atoms with E-state index >= 15 is 0 Å². The lowest BCUT2D eigenvalue weighted by Gasteiger charge is -2.28. The molecule has 142 valence electrons. The molecule has 0 radical (unpaired) electrons. The first-order valence-corrected chi connectivity index (χ1v) is 10.7. The van der Waals surface area contributed by atoms with Gasteiger partial charge in [-0.1, -0.05) is 72.7 Å². The molecule has 2 aromatic carbocycles. The van der Waals surface area contributed by atoms with E-state index in [1.54, 1.807) is 12.1 Å². The monoisotopic (exact) mass is 374 g/mol. The highest BCUT2D eigenvalue weighted by Gasteiger charge is 2.29. The summed E-state index contributed by atoms with van der Waals surface area (Å²) in [5.41, 5.74) is 3.03. The first-order chi connectivity index (χ1) is 11.8. The molecule has 26 heavy (non-hydrogen) atoms. The molecule has 0 bridgehead atoms. The van der Waals surface area contributed by atoms with E-state index in [4.69, 9.17) is 4.52 Å². The molecular weight excluding hydrogens is 343 g/mol. The van der Waals surface area contributed by atoms with Crippen LogP contribution >= 0.6 is 7.60 Å². The Morgan fingerprint density at radius 1 is 0.923 bits per heavy atom. The molecule has 0 amide bonds. The van der Waals surface area contributed by atoms with Crippen LogP contribution in [0.2, 0.25) is 0 Å². The summed E-state index contributed by atoms with van der Waals surface area (Å²) >= 11 is 0. The van der Waals surface area contributed by atoms with Crippen LogP contribution in [0.3, 0.4) is 0 Å². The standard InChI is InChI=1S/C22H31O3P/c1-8-16-9-12-18(13-10-16)26(23,24)25-20-14-11-17(21(2,3)4)15-19(20)22(5,6)7/h9-15H,8H2,1-7H3,(H,23,24). The molecule has 0 heterocycles. The molecule has 0 saturated carbocycles. The maximum absolute atomic E-state index is 12.9. The van der Waals surface area contributed by atoms with Gasteiger partial charge >= 0.3 is 7.60 Å². The highest BCUT2D eigenvalue weighted by molar-refractivity contribution is 7.61. The molecule has 0 spiro atoms. The Bertz CT molecular complexity index is 809. The van der Waals surface area contributed by atoms with Crippen molar-refractivity contribution in [2.75, 3.05) is 0 Å². The first-order valence-electron chi connectivity index (χ1n) is 9.11. The highest BCUT2D eigenvalue weighted by Crippen LogP contribution is 2.45. The first kappa shape index (κ1) is 20.7. The zero-order valence-corrected chi connectivity index (χ0v) is 17.9. The zero-order valence-electron chi connectivity index (χ0n) is 17.0. The Morgan fingerprint density at radius 3 is 1.96 bits per heavy atom. The molecule has 0 aromatic heterocycles. The molecule has 0 saturated heterocycles. The number of benzene rings is 2. The van der Waals surface area contributed by atoms with Gasteiger partial charge in [0.2, 0.25) is 0 Å². The zero-order chi connectivity index (χ0) is 19.8. The minimum Gasteiger partial charge on any atom is -0.421 e. The van der Waals surface area contributed by atoms with E-state index in [9.17, 15) is 9.46 Å². The summed E-state index contributed by atoms with van der Waals surface area (Å²) in [5.74, 6) is 0.468. The number of hydrogen-bond donors (Lipinski definition) is 1. The van der Waals surface area contributed by atoms with Gasteiger partial charge in [0, 0.05) is 5.56 Å². The summed E-state index contributed by atoms with van der Waals surface area (Å²) in [7, 11) is -3.95. The second-order valence-electron chi connectivity index (χ2n) is 8.84. The van der Waals surface area contributed by atoms with E-state index in [1.165, 1.54) is 5.56 Å². The van der Waals surface area contributed by atoms with E-state index in [0.717, 1.165) is 17.5 Å². The van der Waals surface area contributed by atoms with Crippen molar-refractivity contribution in [3.63, 3.8) is 0 Å². The predicted octanol–water partition coefficient (Wildman–Crippen LogP) is 5.73. The van der Waals surface area contributed by atoms with E-state index in [1.807, 2.05) is 24.3 Å². The van der Waals surface area contributed by atoms with Gasteiger partial charge in [0.15, 0.2) is 0 Å². The fourth-order valence-electron chi connectivity index (χ4n) is 2.77. The maximum atomic E-state index is 12.9. The molecule has 2 rings (SSSR count). The molecule has 1 atom stereocenters. The van der Waals surface area contributed by atoms with Crippen molar-refractivity contribution in [2.24, 2.45) is 0 Å². The van der Waals surface area contributed by atoms with Gasteiger partial charge < -0.3 is 9.42 Å². The molecular formula is C22H31O3P. The number of aryl methyl sites for hydroxylation is 1. The van der Waals surface area contributed by atoms with Crippen molar-refractivity contribution in [3.8, 4) is 5.75 Å².